The molecule has 0 aliphatic carbocycles. The maximum absolute atomic E-state index is 12.3. The van der Waals surface area contributed by atoms with Crippen LogP contribution in [0.3, 0.4) is 0 Å². The summed E-state index contributed by atoms with van der Waals surface area (Å²) in [6.45, 7) is 6.36. The van der Waals surface area contributed by atoms with Gasteiger partial charge < -0.3 is 10.6 Å². The van der Waals surface area contributed by atoms with Gasteiger partial charge in [0.25, 0.3) is 5.91 Å². The SMILES string of the molecule is Cl.Cl.O=C(NCCC1CCCNC1)c1cccc(CN2CCCC2)c1. The molecule has 3 rings (SSSR count). The summed E-state index contributed by atoms with van der Waals surface area (Å²) in [4.78, 5) is 14.8. The number of amides is 1. The Kier molecular flexibility index (Phi) is 10.4. The average Bonchev–Trinajstić information content (AvgIpc) is 3.09. The van der Waals surface area contributed by atoms with E-state index in [-0.39, 0.29) is 30.7 Å². The van der Waals surface area contributed by atoms with Crippen molar-refractivity contribution in [2.45, 2.75) is 38.6 Å². The van der Waals surface area contributed by atoms with Crippen molar-refractivity contribution < 1.29 is 4.79 Å². The van der Waals surface area contributed by atoms with Crippen LogP contribution in [0.25, 0.3) is 0 Å². The van der Waals surface area contributed by atoms with Crippen molar-refractivity contribution >= 4 is 30.7 Å². The molecule has 1 unspecified atom stereocenters. The smallest absolute Gasteiger partial charge is 0.251 e. The number of piperidine rings is 1. The zero-order chi connectivity index (χ0) is 15.9. The first-order chi connectivity index (χ1) is 11.3. The number of nitrogens with one attached hydrogen (secondary N) is 2. The molecule has 0 saturated carbocycles. The van der Waals surface area contributed by atoms with Gasteiger partial charge in [-0.25, -0.2) is 0 Å². The highest BCUT2D eigenvalue weighted by Crippen LogP contribution is 2.15. The molecule has 25 heavy (non-hydrogen) atoms. The number of likely N-dealkylation sites (tertiary alicyclic amines) is 1. The highest BCUT2D eigenvalue weighted by atomic mass is 35.5. The summed E-state index contributed by atoms with van der Waals surface area (Å²) in [7, 11) is 0. The van der Waals surface area contributed by atoms with Crippen LogP contribution < -0.4 is 10.6 Å². The lowest BCUT2D eigenvalue weighted by atomic mass is 9.96. The molecule has 0 spiro atoms. The van der Waals surface area contributed by atoms with Crippen LogP contribution in [0.2, 0.25) is 0 Å². The molecular weight excluding hydrogens is 357 g/mol. The van der Waals surface area contributed by atoms with Gasteiger partial charge in [0.05, 0.1) is 0 Å². The molecule has 2 aliphatic heterocycles. The predicted octanol–water partition coefficient (Wildman–Crippen LogP) is 3.25. The van der Waals surface area contributed by atoms with Gasteiger partial charge >= 0.3 is 0 Å². The van der Waals surface area contributed by atoms with Crippen molar-refractivity contribution in [1.29, 1.82) is 0 Å². The van der Waals surface area contributed by atoms with Crippen molar-refractivity contribution in [2.75, 3.05) is 32.7 Å². The molecule has 0 aromatic heterocycles. The maximum Gasteiger partial charge on any atom is 0.251 e. The molecule has 1 aromatic rings. The summed E-state index contributed by atoms with van der Waals surface area (Å²) in [5.74, 6) is 0.780. The third-order valence-corrected chi connectivity index (χ3v) is 5.03. The molecule has 6 heteroatoms. The Morgan fingerprint density at radius 2 is 2.00 bits per heavy atom. The van der Waals surface area contributed by atoms with Crippen LogP contribution >= 0.6 is 24.8 Å². The van der Waals surface area contributed by atoms with Crippen LogP contribution in [0, 0.1) is 5.92 Å². The molecule has 1 amide bonds. The lowest BCUT2D eigenvalue weighted by Gasteiger charge is -2.22. The third kappa shape index (κ3) is 7.14. The summed E-state index contributed by atoms with van der Waals surface area (Å²) in [5.41, 5.74) is 2.04. The molecule has 2 heterocycles. The normalized spacial score (nSPS) is 20.4. The van der Waals surface area contributed by atoms with E-state index >= 15 is 0 Å². The fourth-order valence-electron chi connectivity index (χ4n) is 3.67. The van der Waals surface area contributed by atoms with E-state index in [1.807, 2.05) is 12.1 Å². The van der Waals surface area contributed by atoms with Gasteiger partial charge in [-0.3, -0.25) is 9.69 Å². The largest absolute Gasteiger partial charge is 0.352 e. The first-order valence-corrected chi connectivity index (χ1v) is 9.11. The molecule has 1 aromatic carbocycles. The zero-order valence-electron chi connectivity index (χ0n) is 14.8. The molecule has 1 atom stereocenters. The number of nitrogens with zero attached hydrogens (tertiary/aromatic N) is 1. The van der Waals surface area contributed by atoms with Gasteiger partial charge in [0.15, 0.2) is 0 Å². The van der Waals surface area contributed by atoms with E-state index in [0.717, 1.165) is 38.2 Å². The first-order valence-electron chi connectivity index (χ1n) is 9.11. The molecule has 2 fully saturated rings. The average molecular weight is 388 g/mol. The molecule has 2 N–H and O–H groups in total. The number of carbonyl (C=O) groups is 1. The molecule has 2 aliphatic rings. The predicted molar refractivity (Wildman–Crippen MR) is 108 cm³/mol. The Balaban J connectivity index is 0.00000156. The van der Waals surface area contributed by atoms with E-state index < -0.39 is 0 Å². The number of rotatable bonds is 6. The second-order valence-electron chi connectivity index (χ2n) is 6.94. The second kappa shape index (κ2) is 11.7. The summed E-state index contributed by atoms with van der Waals surface area (Å²) < 4.78 is 0. The third-order valence-electron chi connectivity index (χ3n) is 5.03. The molecule has 142 valence electrons. The molecule has 0 radical (unpaired) electrons. The highest BCUT2D eigenvalue weighted by Gasteiger charge is 2.14. The van der Waals surface area contributed by atoms with Gasteiger partial charge in [-0.2, -0.15) is 0 Å². The van der Waals surface area contributed by atoms with Crippen LogP contribution in [0.4, 0.5) is 0 Å². The van der Waals surface area contributed by atoms with Crippen molar-refractivity contribution in [2.24, 2.45) is 5.92 Å². The van der Waals surface area contributed by atoms with Crippen molar-refractivity contribution in [3.63, 3.8) is 0 Å². The number of benzene rings is 1. The monoisotopic (exact) mass is 387 g/mol. The topological polar surface area (TPSA) is 44.4 Å². The number of halogens is 2. The van der Waals surface area contributed by atoms with Crippen LogP contribution in [-0.4, -0.2) is 43.5 Å². The Morgan fingerprint density at radius 1 is 1.20 bits per heavy atom. The minimum atomic E-state index is 0. The fourth-order valence-corrected chi connectivity index (χ4v) is 3.67. The Hall–Kier alpha value is -0.810. The lowest BCUT2D eigenvalue weighted by molar-refractivity contribution is 0.0950. The van der Waals surface area contributed by atoms with Crippen molar-refractivity contribution in [3.05, 3.63) is 35.4 Å². The van der Waals surface area contributed by atoms with Gasteiger partial charge in [-0.1, -0.05) is 12.1 Å². The van der Waals surface area contributed by atoms with Crippen molar-refractivity contribution in [3.8, 4) is 0 Å². The highest BCUT2D eigenvalue weighted by molar-refractivity contribution is 5.94. The van der Waals surface area contributed by atoms with Crippen LogP contribution in [0.15, 0.2) is 24.3 Å². The summed E-state index contributed by atoms with van der Waals surface area (Å²) >= 11 is 0. The van der Waals surface area contributed by atoms with E-state index in [4.69, 9.17) is 0 Å². The van der Waals surface area contributed by atoms with Crippen LogP contribution in [0.1, 0.15) is 48.0 Å². The number of hydrogen-bond donors (Lipinski definition) is 2. The van der Waals surface area contributed by atoms with E-state index in [1.165, 1.54) is 44.3 Å². The second-order valence-corrected chi connectivity index (χ2v) is 6.94. The molecule has 2 saturated heterocycles. The summed E-state index contributed by atoms with van der Waals surface area (Å²) in [6.07, 6.45) is 6.23. The number of carbonyl (C=O) groups excluding carboxylic acids is 1. The summed E-state index contributed by atoms with van der Waals surface area (Å²) in [6, 6.07) is 8.11. The van der Waals surface area contributed by atoms with Gasteiger partial charge in [-0.15, -0.1) is 24.8 Å². The summed E-state index contributed by atoms with van der Waals surface area (Å²) in [5, 5.41) is 6.52. The minimum Gasteiger partial charge on any atom is -0.352 e. The van der Waals surface area contributed by atoms with Gasteiger partial charge in [-0.05, 0) is 81.9 Å². The van der Waals surface area contributed by atoms with E-state index in [9.17, 15) is 4.79 Å². The fraction of sp³-hybridized carbons (Fsp3) is 0.632. The van der Waals surface area contributed by atoms with Gasteiger partial charge in [0.2, 0.25) is 0 Å². The molecule has 0 bridgehead atoms. The first kappa shape index (κ1) is 22.2. The van der Waals surface area contributed by atoms with Crippen LogP contribution in [-0.2, 0) is 6.54 Å². The standard InChI is InChI=1S/C19H29N3O.2ClH/c23-19(21-10-8-16-6-4-9-20-14-16)18-7-3-5-17(13-18)15-22-11-1-2-12-22;;/h3,5,7,13,16,20H,1-2,4,6,8-12,14-15H2,(H,21,23);2*1H. The Labute approximate surface area is 163 Å². The quantitative estimate of drug-likeness (QED) is 0.787. The maximum atomic E-state index is 12.3. The Morgan fingerprint density at radius 3 is 2.72 bits per heavy atom. The van der Waals surface area contributed by atoms with Crippen LogP contribution in [0.5, 0.6) is 0 Å². The Bertz CT molecular complexity index is 515. The lowest BCUT2D eigenvalue weighted by Crippen LogP contribution is -2.33. The zero-order valence-corrected chi connectivity index (χ0v) is 16.5. The number of hydrogen-bond acceptors (Lipinski definition) is 3. The van der Waals surface area contributed by atoms with Gasteiger partial charge in [0.1, 0.15) is 0 Å². The van der Waals surface area contributed by atoms with E-state index in [0.29, 0.717) is 5.92 Å². The van der Waals surface area contributed by atoms with E-state index in [2.05, 4.69) is 27.7 Å². The molecule has 4 nitrogen and oxygen atoms in total. The van der Waals surface area contributed by atoms with E-state index in [1.54, 1.807) is 0 Å². The van der Waals surface area contributed by atoms with Gasteiger partial charge in [0, 0.05) is 18.7 Å². The minimum absolute atomic E-state index is 0. The van der Waals surface area contributed by atoms with Crippen molar-refractivity contribution in [1.82, 2.24) is 15.5 Å². The molecular formula is C19H31Cl2N3O.